The first-order chi connectivity index (χ1) is 14.2. The lowest BCUT2D eigenvalue weighted by Crippen LogP contribution is -2.68. The smallest absolute Gasteiger partial charge is 0.506 e. The predicted molar refractivity (Wildman–Crippen MR) is 122 cm³/mol. The minimum absolute atomic E-state index is 0.807. The van der Waals surface area contributed by atoms with Crippen molar-refractivity contribution < 1.29 is 8.85 Å². The van der Waals surface area contributed by atoms with Crippen molar-refractivity contribution in [1.82, 2.24) is 0 Å². The van der Waals surface area contributed by atoms with Gasteiger partial charge in [0, 0.05) is 10.4 Å². The molecule has 0 amide bonds. The van der Waals surface area contributed by atoms with Crippen LogP contribution in [0.5, 0.6) is 11.5 Å². The second-order valence-electron chi connectivity index (χ2n) is 7.18. The number of hydrogen-bond donors (Lipinski definition) is 0. The molecule has 2 nitrogen and oxygen atoms in total. The summed E-state index contributed by atoms with van der Waals surface area (Å²) in [5.41, 5.74) is 2.40. The molecule has 0 spiro atoms. The van der Waals surface area contributed by atoms with Gasteiger partial charge in [0.25, 0.3) is 0 Å². The normalized spacial score (nSPS) is 11.1. The van der Waals surface area contributed by atoms with Crippen LogP contribution in [0.3, 0.4) is 0 Å². The average molecular weight is 397 g/mol. The Morgan fingerprint density at radius 3 is 1.14 bits per heavy atom. The van der Waals surface area contributed by atoms with Gasteiger partial charge in [0.1, 0.15) is 11.5 Å². The Labute approximate surface area is 173 Å². The lowest BCUT2D eigenvalue weighted by atomic mass is 10.2. The molecule has 4 aromatic rings. The van der Waals surface area contributed by atoms with E-state index in [2.05, 4.69) is 62.4 Å². The molecule has 0 aliphatic rings. The van der Waals surface area contributed by atoms with Crippen molar-refractivity contribution in [3.8, 4) is 11.5 Å². The van der Waals surface area contributed by atoms with Crippen molar-refractivity contribution in [3.05, 3.63) is 120 Å². The van der Waals surface area contributed by atoms with E-state index in [1.165, 1.54) is 11.1 Å². The van der Waals surface area contributed by atoms with Gasteiger partial charge >= 0.3 is 8.56 Å². The maximum Gasteiger partial charge on any atom is 0.531 e. The Bertz CT molecular complexity index is 954. The van der Waals surface area contributed by atoms with Crippen LogP contribution in [-0.2, 0) is 0 Å². The van der Waals surface area contributed by atoms with Crippen LogP contribution in [-0.4, -0.2) is 8.56 Å². The van der Waals surface area contributed by atoms with Gasteiger partial charge in [-0.2, -0.15) is 0 Å². The molecule has 4 aromatic carbocycles. The van der Waals surface area contributed by atoms with Gasteiger partial charge < -0.3 is 8.85 Å². The molecular weight excluding hydrogens is 372 g/mol. The highest BCUT2D eigenvalue weighted by Crippen LogP contribution is 2.22. The van der Waals surface area contributed by atoms with Crippen LogP contribution in [0.1, 0.15) is 11.1 Å². The molecule has 0 saturated carbocycles. The zero-order valence-electron chi connectivity index (χ0n) is 16.7. The van der Waals surface area contributed by atoms with E-state index in [1.807, 2.05) is 60.7 Å². The average Bonchev–Trinajstić information content (AvgIpc) is 2.77. The van der Waals surface area contributed by atoms with Gasteiger partial charge in [-0.05, 0) is 38.1 Å². The van der Waals surface area contributed by atoms with Gasteiger partial charge in [0.15, 0.2) is 0 Å². The predicted octanol–water partition coefficient (Wildman–Crippen LogP) is 5.02. The number of benzene rings is 4. The van der Waals surface area contributed by atoms with Gasteiger partial charge in [-0.15, -0.1) is 0 Å². The highest BCUT2D eigenvalue weighted by Gasteiger charge is 2.47. The van der Waals surface area contributed by atoms with Crippen LogP contribution in [0, 0.1) is 13.8 Å². The highest BCUT2D eigenvalue weighted by atomic mass is 28.4. The molecular formula is C26H24O2Si. The van der Waals surface area contributed by atoms with Crippen LogP contribution in [0.15, 0.2) is 109 Å². The molecule has 0 radical (unpaired) electrons. The Morgan fingerprint density at radius 2 is 0.793 bits per heavy atom. The monoisotopic (exact) mass is 396 g/mol. The maximum atomic E-state index is 6.78. The minimum atomic E-state index is -3.06. The number of rotatable bonds is 6. The Kier molecular flexibility index (Phi) is 5.50. The summed E-state index contributed by atoms with van der Waals surface area (Å²) < 4.78 is 13.6. The fourth-order valence-electron chi connectivity index (χ4n) is 3.28. The standard InChI is InChI=1S/C26H24O2Si/c1-21-13-17-23(18-14-21)27-29(25-9-5-3-6-10-25,26-11-7-4-8-12-26)28-24-19-15-22(2)16-20-24/h3-20H,1-2H3. The molecule has 144 valence electrons. The Balaban J connectivity index is 1.88. The zero-order chi connectivity index (χ0) is 20.1. The van der Waals surface area contributed by atoms with Crippen LogP contribution >= 0.6 is 0 Å². The van der Waals surface area contributed by atoms with Gasteiger partial charge in [0.2, 0.25) is 0 Å². The summed E-state index contributed by atoms with van der Waals surface area (Å²) in [6.45, 7) is 4.15. The molecule has 4 rings (SSSR count). The molecule has 0 N–H and O–H groups in total. The number of aryl methyl sites for hydroxylation is 2. The van der Waals surface area contributed by atoms with Gasteiger partial charge in [-0.1, -0.05) is 96.1 Å². The molecule has 0 bridgehead atoms. The molecule has 0 aliphatic heterocycles. The van der Waals surface area contributed by atoms with Crippen LogP contribution < -0.4 is 19.2 Å². The van der Waals surface area contributed by atoms with Gasteiger partial charge in [-0.25, -0.2) is 0 Å². The van der Waals surface area contributed by atoms with E-state index in [9.17, 15) is 0 Å². The fraction of sp³-hybridized carbons (Fsp3) is 0.0769. The van der Waals surface area contributed by atoms with E-state index in [0.717, 1.165) is 21.9 Å². The third-order valence-electron chi connectivity index (χ3n) is 4.87. The Morgan fingerprint density at radius 1 is 0.448 bits per heavy atom. The summed E-state index contributed by atoms with van der Waals surface area (Å²) in [6.07, 6.45) is 0. The second kappa shape index (κ2) is 8.37. The largest absolute Gasteiger partial charge is 0.531 e. The molecule has 0 atom stereocenters. The Hall–Kier alpha value is -3.30. The van der Waals surface area contributed by atoms with Crippen molar-refractivity contribution in [2.24, 2.45) is 0 Å². The maximum absolute atomic E-state index is 6.78. The fourth-order valence-corrected chi connectivity index (χ4v) is 6.33. The SMILES string of the molecule is Cc1ccc(O[Si](Oc2ccc(C)cc2)(c2ccccc2)c2ccccc2)cc1. The molecule has 3 heteroatoms. The summed E-state index contributed by atoms with van der Waals surface area (Å²) in [6, 6.07) is 36.9. The van der Waals surface area contributed by atoms with E-state index >= 15 is 0 Å². The molecule has 0 heterocycles. The zero-order valence-corrected chi connectivity index (χ0v) is 17.7. The summed E-state index contributed by atoms with van der Waals surface area (Å²) in [5.74, 6) is 1.61. The lowest BCUT2D eigenvalue weighted by molar-refractivity contribution is 0.417. The van der Waals surface area contributed by atoms with Crippen molar-refractivity contribution in [2.75, 3.05) is 0 Å². The van der Waals surface area contributed by atoms with Crippen LogP contribution in [0.2, 0.25) is 0 Å². The second-order valence-corrected chi connectivity index (χ2v) is 9.97. The molecule has 0 aliphatic carbocycles. The van der Waals surface area contributed by atoms with Crippen molar-refractivity contribution in [2.45, 2.75) is 13.8 Å². The summed E-state index contributed by atoms with van der Waals surface area (Å²) in [7, 11) is -3.06. The van der Waals surface area contributed by atoms with E-state index < -0.39 is 8.56 Å². The number of hydrogen-bond acceptors (Lipinski definition) is 2. The molecule has 0 aromatic heterocycles. The first kappa shape index (κ1) is 19.0. The van der Waals surface area contributed by atoms with Crippen molar-refractivity contribution in [1.29, 1.82) is 0 Å². The molecule has 29 heavy (non-hydrogen) atoms. The van der Waals surface area contributed by atoms with Crippen molar-refractivity contribution >= 4 is 18.9 Å². The lowest BCUT2D eigenvalue weighted by Gasteiger charge is -2.32. The third-order valence-corrected chi connectivity index (χ3v) is 8.11. The molecule has 0 fully saturated rings. The molecule has 0 unspecified atom stereocenters. The quantitative estimate of drug-likeness (QED) is 0.426. The van der Waals surface area contributed by atoms with E-state index in [1.54, 1.807) is 0 Å². The van der Waals surface area contributed by atoms with E-state index in [0.29, 0.717) is 0 Å². The first-order valence-corrected chi connectivity index (χ1v) is 11.6. The van der Waals surface area contributed by atoms with Gasteiger partial charge in [-0.3, -0.25) is 0 Å². The van der Waals surface area contributed by atoms with Gasteiger partial charge in [0.05, 0.1) is 0 Å². The summed E-state index contributed by atoms with van der Waals surface area (Å²) in [5, 5.41) is 2.12. The topological polar surface area (TPSA) is 18.5 Å². The first-order valence-electron chi connectivity index (χ1n) is 9.78. The third kappa shape index (κ3) is 4.25. The minimum Gasteiger partial charge on any atom is -0.506 e. The van der Waals surface area contributed by atoms with Crippen LogP contribution in [0.25, 0.3) is 0 Å². The van der Waals surface area contributed by atoms with Crippen molar-refractivity contribution in [3.63, 3.8) is 0 Å². The van der Waals surface area contributed by atoms with E-state index in [-0.39, 0.29) is 0 Å². The highest BCUT2D eigenvalue weighted by molar-refractivity contribution is 6.93. The molecule has 0 saturated heterocycles. The summed E-state index contributed by atoms with van der Waals surface area (Å²) >= 11 is 0. The van der Waals surface area contributed by atoms with Crippen LogP contribution in [0.4, 0.5) is 0 Å². The summed E-state index contributed by atoms with van der Waals surface area (Å²) in [4.78, 5) is 0. The van der Waals surface area contributed by atoms with E-state index in [4.69, 9.17) is 8.85 Å².